The topological polar surface area (TPSA) is 176 Å². The van der Waals surface area contributed by atoms with Gasteiger partial charge < -0.3 is 71.4 Å². The van der Waals surface area contributed by atoms with E-state index >= 15 is 0 Å². The molecule has 0 unspecified atom stereocenters. The first-order chi connectivity index (χ1) is 57.1. The van der Waals surface area contributed by atoms with Crippen molar-refractivity contribution >= 4 is 166 Å². The van der Waals surface area contributed by atoms with Gasteiger partial charge in [-0.3, -0.25) is 0 Å². The summed E-state index contributed by atoms with van der Waals surface area (Å²) in [6.07, 6.45) is 32.7. The largest absolute Gasteiger partial charge is 0.521 e. The van der Waals surface area contributed by atoms with Gasteiger partial charge in [0.05, 0.1) is 69.1 Å². The Bertz CT molecular complexity index is 3300. The molecule has 6 N–H and O–H groups in total. The molecule has 19 saturated carbocycles. The van der Waals surface area contributed by atoms with Crippen LogP contribution >= 0.6 is 97.1 Å². The van der Waals surface area contributed by atoms with Crippen molar-refractivity contribution in [1.82, 2.24) is 8.88 Å². The van der Waals surface area contributed by atoms with Crippen LogP contribution in [0.1, 0.15) is 278 Å². The van der Waals surface area contributed by atoms with Crippen molar-refractivity contribution in [2.75, 3.05) is 23.9 Å². The molecule has 32 heteroatoms. The molecule has 23 rings (SSSR count). The third-order valence-corrected chi connectivity index (χ3v) is 51.4. The molecule has 4 aliphatic heterocycles. The number of aliphatic hydroxyl groups excluding tert-OH is 1. The highest BCUT2D eigenvalue weighted by molar-refractivity contribution is 9.09. The lowest BCUT2D eigenvalue weighted by molar-refractivity contribution is -0.401. The summed E-state index contributed by atoms with van der Waals surface area (Å²) < 4.78 is 66.8. The van der Waals surface area contributed by atoms with E-state index in [2.05, 4.69) is 206 Å². The minimum atomic E-state index is -1.48. The van der Waals surface area contributed by atoms with Gasteiger partial charge in [0.2, 0.25) is 0 Å². The maximum atomic E-state index is 10.0. The quantitative estimate of drug-likeness (QED) is 0.0631. The van der Waals surface area contributed by atoms with E-state index in [-0.39, 0.29) is 72.0 Å². The third kappa shape index (κ3) is 23.7. The molecule has 23 fully saturated rings. The molecule has 0 amide bonds. The van der Waals surface area contributed by atoms with Gasteiger partial charge in [-0.25, -0.2) is 0 Å². The number of hydrogen-bond donors (Lipinski definition) is 4. The van der Waals surface area contributed by atoms with Crippen molar-refractivity contribution in [3.05, 3.63) is 0 Å². The van der Waals surface area contributed by atoms with E-state index < -0.39 is 68.4 Å². The van der Waals surface area contributed by atoms with E-state index in [1.807, 2.05) is 13.8 Å². The maximum absolute atomic E-state index is 10.0. The fraction of sp³-hybridized carbons (Fsp3) is 1.00. The number of halogens is 8. The summed E-state index contributed by atoms with van der Waals surface area (Å²) in [5.74, 6) is 11.0. The van der Waals surface area contributed by atoms with E-state index in [1.165, 1.54) is 134 Å². The molecular weight excluding hydrogens is 1830 g/mol. The molecule has 23 atom stereocenters. The molecule has 4 heterocycles. The second-order valence-corrected chi connectivity index (χ2v) is 74.3. The molecule has 0 radical (unpaired) electrons. The predicted octanol–water partition coefficient (Wildman–Crippen LogP) is 23.9. The van der Waals surface area contributed by atoms with Crippen LogP contribution in [0.4, 0.5) is 0 Å². The van der Waals surface area contributed by atoms with Gasteiger partial charge in [0.1, 0.15) is 48.4 Å². The molecule has 0 aromatic heterocycles. The van der Waals surface area contributed by atoms with Gasteiger partial charge in [-0.1, -0.05) is 228 Å². The molecule has 0 spiro atoms. The van der Waals surface area contributed by atoms with E-state index in [4.69, 9.17) is 128 Å². The van der Waals surface area contributed by atoms with Gasteiger partial charge in [0.25, 0.3) is 0 Å². The van der Waals surface area contributed by atoms with Crippen LogP contribution in [-0.4, -0.2) is 192 Å². The maximum Gasteiger partial charge on any atom is 0.521 e. The molecular formula is C92H175B5BrCl7N3O12Si4+. The summed E-state index contributed by atoms with van der Waals surface area (Å²) in [6, 6.07) is 0. The van der Waals surface area contributed by atoms with Crippen LogP contribution in [0.2, 0.25) is 78.6 Å². The first-order valence-corrected chi connectivity index (χ1v) is 67.6. The summed E-state index contributed by atoms with van der Waals surface area (Å²) >= 11 is 42.3. The van der Waals surface area contributed by atoms with Gasteiger partial charge in [0.15, 0.2) is 0 Å². The molecule has 124 heavy (non-hydrogen) atoms. The lowest BCUT2D eigenvalue weighted by atomic mass is 9.43. The molecule has 15 nitrogen and oxygen atoms in total. The summed E-state index contributed by atoms with van der Waals surface area (Å²) in [5, 5.41) is 21.1. The smallest absolute Gasteiger partial charge is 0.410 e. The minimum Gasteiger partial charge on any atom is -0.410 e. The molecule has 4 saturated heterocycles. The highest BCUT2D eigenvalue weighted by Gasteiger charge is 2.74. The van der Waals surface area contributed by atoms with E-state index in [0.717, 1.165) is 79.4 Å². The minimum absolute atomic E-state index is 0.0239. The second-order valence-electron chi connectivity index (χ2n) is 49.9. The Morgan fingerprint density at radius 3 is 1.02 bits per heavy atom. The van der Waals surface area contributed by atoms with Crippen LogP contribution < -0.4 is 10.4 Å². The fourth-order valence-electron chi connectivity index (χ4n) is 27.5. The van der Waals surface area contributed by atoms with Gasteiger partial charge in [0, 0.05) is 30.9 Å². The fourth-order valence-corrected chi connectivity index (χ4v) is 48.5. The third-order valence-electron chi connectivity index (χ3n) is 35.7. The Kier molecular flexibility index (Phi) is 36.8. The van der Waals surface area contributed by atoms with Crippen LogP contribution in [0.25, 0.3) is 0 Å². The lowest BCUT2D eigenvalue weighted by Crippen LogP contribution is -2.70. The Hall–Kier alpha value is 3.10. The van der Waals surface area contributed by atoms with Crippen molar-refractivity contribution in [2.45, 2.75) is 442 Å². The van der Waals surface area contributed by atoms with E-state index in [9.17, 15) is 10.2 Å². The lowest BCUT2D eigenvalue weighted by Gasteiger charge is -2.64. The number of alkyl halides is 8. The normalized spacial score (nSPS) is 39.0. The zero-order valence-corrected chi connectivity index (χ0v) is 93.8. The van der Waals surface area contributed by atoms with Crippen LogP contribution in [0.3, 0.4) is 0 Å². The number of quaternary nitrogens is 1. The summed E-state index contributed by atoms with van der Waals surface area (Å²) in [7, 11) is -6.12. The molecule has 10 bridgehead atoms. The second kappa shape index (κ2) is 41.9. The van der Waals surface area contributed by atoms with Crippen molar-refractivity contribution in [2.24, 2.45) is 110 Å². The van der Waals surface area contributed by atoms with Crippen molar-refractivity contribution in [3.63, 3.8) is 0 Å². The SMILES string of the molecule is BrCC1CCC1.CC1(C)[C@@H]2C[C@@H](O)[C@@](C)(O)[C@H]1C2.CC1(C)[C@@H]2C[C@H]3OB(C(Cl)Cl)O[C@@]3(C)[C@H]1C2.CC1(C)[C@@H]2C[C@H]3OB([C@@H]([NH3+])CC4CCC4)O[C@@]3(C)[C@H]1C2.CC1(C)[C@@H]2C[C@H]3OB([C@H](CC4CCC4)N([Si](C)(C)C)[Si](C)(C)C)O[C@@]3(C)[C@H]1C2.CC1(C)[C@@H]2C[C@H]3OB([C@H](Cl)CC4CCC4)O[C@@]3(C)[C@H]1C2.CCOB(OCC)C(Cl)Cl.C[Si](C)(C)N[Si](C)(C)C.ClCCl. The summed E-state index contributed by atoms with van der Waals surface area (Å²) in [4.78, 5) is 0. The van der Waals surface area contributed by atoms with Gasteiger partial charge in [-0.05, 0) is 248 Å². The van der Waals surface area contributed by atoms with Crippen molar-refractivity contribution in [3.8, 4) is 0 Å². The van der Waals surface area contributed by atoms with Gasteiger partial charge >= 0.3 is 35.6 Å². The monoisotopic (exact) mass is 2000 g/mol. The molecule has 0 aromatic rings. The highest BCUT2D eigenvalue weighted by Crippen LogP contribution is 2.71. The predicted molar refractivity (Wildman–Crippen MR) is 539 cm³/mol. The Morgan fingerprint density at radius 2 is 0.742 bits per heavy atom. The van der Waals surface area contributed by atoms with Crippen molar-refractivity contribution < 1.29 is 62.5 Å². The zero-order valence-electron chi connectivity index (χ0n) is 82.9. The van der Waals surface area contributed by atoms with Crippen LogP contribution in [0.5, 0.6) is 0 Å². The Balaban J connectivity index is 0.000000153. The molecule has 0 aromatic carbocycles. The number of fused-ring (bicyclic) bond motifs is 2. The molecule has 716 valence electrons. The number of hydrogen-bond acceptors (Lipinski definition) is 14. The van der Waals surface area contributed by atoms with E-state index in [1.54, 1.807) is 6.92 Å². The van der Waals surface area contributed by atoms with Crippen LogP contribution in [0.15, 0.2) is 0 Å². The molecule has 23 aliphatic rings. The average molecular weight is 2010 g/mol. The summed E-state index contributed by atoms with van der Waals surface area (Å²) in [6.45, 7) is 68.7. The Morgan fingerprint density at radius 1 is 0.444 bits per heavy atom. The molecule has 19 aliphatic carbocycles. The summed E-state index contributed by atoms with van der Waals surface area (Å²) in [5.41, 5.74) is 4.97. The Labute approximate surface area is 806 Å². The number of nitrogens with zero attached hydrogens (tertiary/aromatic N) is 1. The highest BCUT2D eigenvalue weighted by atomic mass is 79.9. The number of aliphatic hydroxyl groups is 2. The van der Waals surface area contributed by atoms with Gasteiger partial charge in [-0.2, -0.15) is 0 Å². The van der Waals surface area contributed by atoms with Crippen molar-refractivity contribution in [1.29, 1.82) is 0 Å². The van der Waals surface area contributed by atoms with Crippen LogP contribution in [-0.2, 0) is 46.5 Å². The first-order valence-electron chi connectivity index (χ1n) is 49.3. The van der Waals surface area contributed by atoms with Gasteiger partial charge in [-0.15, -0.1) is 81.2 Å². The number of nitrogens with one attached hydrogen (secondary N) is 1. The zero-order chi connectivity index (χ0) is 92.6. The first kappa shape index (κ1) is 109. The number of rotatable bonds is 21. The van der Waals surface area contributed by atoms with Crippen LogP contribution in [0, 0.1) is 110 Å². The standard InChI is InChI=1S/C22H44BNO2Si2.C16H26BClO2.C16H28BNO2.C11H17BCl2O2.C10H18O2.C6H19NSi2.C5H11BCl2O2.C5H9Br.CH2Cl2/c1-21(2)17-14-18(21)22(3)19(15-17)25-23(26-22)20(13-16-11-10-12-16)24(27(4,5)6)28(7,8)9;2*1-15(2)11-8-12(15)16(3)13(9-11)19-17(20-16)14(18)7-10-5-4-6-10;1-10(2)6-4-7(10)11(3)8(5-6)15-12(16-11)9(13)14;1-9(2)6-4-7(9)10(3,12)8(11)5-6;1-8(2,3)7-9(4,5)6;1-3-9-6(5(7)8)10-4-2;6-4-5-2-1-3-5;2-1-3/h16-20H,10-15H2,1-9H3;10-14H,4-9H2,1-3H3;10-14H,4-9,18H2,1-3H3;6-9H,4-5H2,1-3H3;6-8,11-12H,4-5H2,1-3H3;7H,1-6H3;5H,3-4H2,1-2H3;5H,1-4H2;1H2/p+1/t17-,18-,19+,20-,22-;11-,12-,13+,14+,16-;11-,12-,13+,14-,16-;6-,7-,8+,11-;6-,7-,8+,10-;;;;/m00000..../s1. The average Bonchev–Trinajstić information content (AvgIpc) is 1.48. The van der Waals surface area contributed by atoms with E-state index in [0.29, 0.717) is 94.5 Å².